The number of halogens is 4. The number of carbonyl (C=O) groups is 2. The number of carbonyl (C=O) groups excluding carboxylic acids is 2. The number of hydrogen-bond acceptors (Lipinski definition) is 5. The first-order valence-electron chi connectivity index (χ1n) is 10.3. The van der Waals surface area contributed by atoms with Gasteiger partial charge in [-0.05, 0) is 31.5 Å². The molecule has 0 unspecified atom stereocenters. The van der Waals surface area contributed by atoms with Crippen molar-refractivity contribution in [3.05, 3.63) is 28.3 Å². The Morgan fingerprint density at radius 3 is 2.75 bits per heavy atom. The van der Waals surface area contributed by atoms with Crippen LogP contribution in [0.1, 0.15) is 30.9 Å². The average Bonchev–Trinajstić information content (AvgIpc) is 3.25. The maximum Gasteiger partial charge on any atom is 0.418 e. The molecule has 32 heavy (non-hydrogen) atoms. The summed E-state index contributed by atoms with van der Waals surface area (Å²) in [6.07, 6.45) is -5.25. The third-order valence-corrected chi connectivity index (χ3v) is 7.77. The highest BCUT2D eigenvalue weighted by molar-refractivity contribution is 6.31. The summed E-state index contributed by atoms with van der Waals surface area (Å²) in [5, 5.41) is 2.40. The van der Waals surface area contributed by atoms with Crippen LogP contribution in [0.25, 0.3) is 0 Å². The number of fused-ring (bicyclic) bond motifs is 2. The molecular weight excluding hydrogens is 453 g/mol. The van der Waals surface area contributed by atoms with Crippen LogP contribution in [-0.4, -0.2) is 49.2 Å². The summed E-state index contributed by atoms with van der Waals surface area (Å²) in [4.78, 5) is 26.9. The molecule has 4 saturated heterocycles. The molecule has 174 valence electrons. The average molecular weight is 475 g/mol. The van der Waals surface area contributed by atoms with Crippen molar-refractivity contribution < 1.29 is 37.0 Å². The number of alkyl halides is 3. The second-order valence-electron chi connectivity index (χ2n) is 9.05. The number of hydrogen-bond donors (Lipinski definition) is 1. The molecule has 1 aromatic carbocycles. The van der Waals surface area contributed by atoms with E-state index < -0.39 is 58.2 Å². The van der Waals surface area contributed by atoms with Crippen LogP contribution in [-0.2, 0) is 25.2 Å². The molecule has 6 atom stereocenters. The fourth-order valence-electron chi connectivity index (χ4n) is 6.35. The molecule has 4 aliphatic heterocycles. The van der Waals surface area contributed by atoms with Crippen molar-refractivity contribution >= 4 is 29.3 Å². The number of anilines is 1. The molecule has 1 aromatic rings. The van der Waals surface area contributed by atoms with Crippen molar-refractivity contribution in [1.82, 2.24) is 5.32 Å². The Kier molecular flexibility index (Phi) is 4.59. The zero-order chi connectivity index (χ0) is 23.2. The van der Waals surface area contributed by atoms with Crippen LogP contribution in [0, 0.1) is 18.8 Å². The van der Waals surface area contributed by atoms with Crippen molar-refractivity contribution in [1.29, 1.82) is 0 Å². The van der Waals surface area contributed by atoms with E-state index in [2.05, 4.69) is 5.32 Å². The Balaban J connectivity index is 1.60. The van der Waals surface area contributed by atoms with Gasteiger partial charge in [-0.2, -0.15) is 13.2 Å². The highest BCUT2D eigenvalue weighted by Crippen LogP contribution is 2.65. The fourth-order valence-corrected chi connectivity index (χ4v) is 6.66. The minimum atomic E-state index is -4.67. The molecule has 1 spiro atoms. The normalized spacial score (nSPS) is 37.6. The lowest BCUT2D eigenvalue weighted by Crippen LogP contribution is -2.61. The van der Waals surface area contributed by atoms with Gasteiger partial charge >= 0.3 is 12.3 Å². The molecule has 11 heteroatoms. The van der Waals surface area contributed by atoms with E-state index in [9.17, 15) is 22.8 Å². The first-order chi connectivity index (χ1) is 14.9. The minimum Gasteiger partial charge on any atom is -0.453 e. The maximum atomic E-state index is 13.7. The molecule has 2 bridgehead atoms. The van der Waals surface area contributed by atoms with Crippen molar-refractivity contribution in [2.24, 2.45) is 11.8 Å². The van der Waals surface area contributed by atoms with E-state index in [-0.39, 0.29) is 23.8 Å². The molecule has 0 radical (unpaired) electrons. The Hall–Kier alpha value is -2.04. The summed E-state index contributed by atoms with van der Waals surface area (Å²) in [6, 6.07) is 2.17. The van der Waals surface area contributed by atoms with Crippen LogP contribution in [0.15, 0.2) is 12.1 Å². The topological polar surface area (TPSA) is 77.1 Å². The molecular formula is C21H22ClF3N2O5. The Morgan fingerprint density at radius 2 is 2.09 bits per heavy atom. The molecule has 0 aliphatic carbocycles. The molecule has 2 amide bonds. The summed E-state index contributed by atoms with van der Waals surface area (Å²) < 4.78 is 58.1. The predicted octanol–water partition coefficient (Wildman–Crippen LogP) is 3.65. The van der Waals surface area contributed by atoms with Crippen LogP contribution >= 0.6 is 11.6 Å². The quantitative estimate of drug-likeness (QED) is 0.708. The van der Waals surface area contributed by atoms with Crippen molar-refractivity contribution in [3.8, 4) is 0 Å². The van der Waals surface area contributed by atoms with Crippen molar-refractivity contribution in [2.75, 3.05) is 18.6 Å². The van der Waals surface area contributed by atoms with Gasteiger partial charge in [0.1, 0.15) is 6.23 Å². The van der Waals surface area contributed by atoms with Crippen LogP contribution in [0.4, 0.5) is 23.7 Å². The fraction of sp³-hybridized carbons (Fsp3) is 0.619. The number of alkyl carbamates (subject to hydrolysis) is 1. The zero-order valence-electron chi connectivity index (χ0n) is 17.6. The van der Waals surface area contributed by atoms with Gasteiger partial charge in [-0.25, -0.2) is 4.79 Å². The third kappa shape index (κ3) is 2.69. The van der Waals surface area contributed by atoms with E-state index in [0.29, 0.717) is 12.8 Å². The summed E-state index contributed by atoms with van der Waals surface area (Å²) in [6.45, 7) is 3.34. The van der Waals surface area contributed by atoms with Crippen molar-refractivity contribution in [3.63, 3.8) is 0 Å². The summed E-state index contributed by atoms with van der Waals surface area (Å²) in [5.74, 6) is -1.40. The Labute approximate surface area is 187 Å². The first-order valence-corrected chi connectivity index (χ1v) is 10.7. The number of benzene rings is 1. The van der Waals surface area contributed by atoms with E-state index in [4.69, 9.17) is 25.8 Å². The smallest absolute Gasteiger partial charge is 0.418 e. The minimum absolute atomic E-state index is 0.114. The van der Waals surface area contributed by atoms with E-state index in [1.165, 1.54) is 25.0 Å². The van der Waals surface area contributed by atoms with E-state index in [0.717, 1.165) is 6.07 Å². The summed E-state index contributed by atoms with van der Waals surface area (Å²) >= 11 is 5.86. The maximum absolute atomic E-state index is 13.7. The summed E-state index contributed by atoms with van der Waals surface area (Å²) in [7, 11) is 1.26. The van der Waals surface area contributed by atoms with E-state index in [1.54, 1.807) is 0 Å². The number of amides is 2. The lowest BCUT2D eigenvalue weighted by atomic mass is 9.64. The first kappa shape index (κ1) is 21.8. The van der Waals surface area contributed by atoms with Crippen molar-refractivity contribution in [2.45, 2.75) is 56.3 Å². The molecule has 4 fully saturated rings. The molecule has 5 rings (SSSR count). The largest absolute Gasteiger partial charge is 0.453 e. The van der Waals surface area contributed by atoms with Crippen LogP contribution in [0.5, 0.6) is 0 Å². The number of nitrogens with zero attached hydrogens (tertiary/aromatic N) is 1. The third-order valence-electron chi connectivity index (χ3n) is 7.46. The van der Waals surface area contributed by atoms with Gasteiger partial charge in [0.05, 0.1) is 53.4 Å². The van der Waals surface area contributed by atoms with Gasteiger partial charge in [0.2, 0.25) is 5.91 Å². The predicted molar refractivity (Wildman–Crippen MR) is 106 cm³/mol. The Morgan fingerprint density at radius 1 is 1.38 bits per heavy atom. The highest BCUT2D eigenvalue weighted by Gasteiger charge is 2.78. The van der Waals surface area contributed by atoms with Gasteiger partial charge in [0, 0.05) is 18.5 Å². The molecule has 0 saturated carbocycles. The van der Waals surface area contributed by atoms with Crippen LogP contribution < -0.4 is 10.2 Å². The van der Waals surface area contributed by atoms with Gasteiger partial charge in [0.25, 0.3) is 0 Å². The van der Waals surface area contributed by atoms with Crippen LogP contribution in [0.3, 0.4) is 0 Å². The lowest BCUT2D eigenvalue weighted by Gasteiger charge is -2.45. The molecule has 4 aliphatic rings. The number of methoxy groups -OCH3 is 1. The molecule has 0 aromatic heterocycles. The number of nitrogens with one attached hydrogen (secondary N) is 1. The van der Waals surface area contributed by atoms with E-state index >= 15 is 0 Å². The number of ether oxygens (including phenoxy) is 3. The van der Waals surface area contributed by atoms with E-state index in [1.807, 2.05) is 6.92 Å². The monoisotopic (exact) mass is 474 g/mol. The lowest BCUT2D eigenvalue weighted by molar-refractivity contribution is -0.144. The zero-order valence-corrected chi connectivity index (χ0v) is 18.3. The van der Waals surface area contributed by atoms with Gasteiger partial charge in [-0.15, -0.1) is 0 Å². The van der Waals surface area contributed by atoms with Gasteiger partial charge in [0.15, 0.2) is 0 Å². The number of rotatable bonds is 2. The van der Waals surface area contributed by atoms with Gasteiger partial charge in [-0.1, -0.05) is 11.6 Å². The molecule has 1 N–H and O–H groups in total. The summed E-state index contributed by atoms with van der Waals surface area (Å²) in [5.41, 5.74) is -2.74. The standard InChI is InChI=1S/C21H22ClF3N2O5/c1-9-11(5-4-10(22)13(9)21(23,24)25)27-16(28)14-15-17(27)31-7-6-20(15)12(26-18(29)30-3)8-19(14,2)32-20/h4-5,12,14-15,17H,6-8H2,1-3H3,(H,26,29)/t12-,14-,15+,17+,19-,20+/m1/s1. The molecule has 7 nitrogen and oxygen atoms in total. The second-order valence-corrected chi connectivity index (χ2v) is 9.46. The van der Waals surface area contributed by atoms with Crippen LogP contribution in [0.2, 0.25) is 5.02 Å². The van der Waals surface area contributed by atoms with Gasteiger partial charge in [-0.3, -0.25) is 9.69 Å². The van der Waals surface area contributed by atoms with Gasteiger partial charge < -0.3 is 19.5 Å². The highest BCUT2D eigenvalue weighted by atomic mass is 35.5. The molecule has 4 heterocycles. The second kappa shape index (κ2) is 6.74. The Bertz CT molecular complexity index is 1020. The SMILES string of the molecule is COC(=O)N[C@@H]1C[C@@]2(C)O[C@@]13CCO[C@H]1[C@@H]3[C@@H]2C(=O)N1c1ccc(Cl)c(C(F)(F)F)c1C.